The highest BCUT2D eigenvalue weighted by Crippen LogP contribution is 2.40. The van der Waals surface area contributed by atoms with Crippen molar-refractivity contribution in [3.05, 3.63) is 34.4 Å². The zero-order chi connectivity index (χ0) is 16.2. The van der Waals surface area contributed by atoms with Gasteiger partial charge in [0.1, 0.15) is 0 Å². The Morgan fingerprint density at radius 2 is 2.05 bits per heavy atom. The quantitative estimate of drug-likeness (QED) is 0.819. The van der Waals surface area contributed by atoms with Gasteiger partial charge in [-0.2, -0.15) is 13.2 Å². The van der Waals surface area contributed by atoms with E-state index in [1.165, 1.54) is 19.1 Å². The Labute approximate surface area is 120 Å². The van der Waals surface area contributed by atoms with Crippen LogP contribution in [0.3, 0.4) is 0 Å². The van der Waals surface area contributed by atoms with E-state index in [4.69, 9.17) is 0 Å². The summed E-state index contributed by atoms with van der Waals surface area (Å²) in [4.78, 5) is 11.2. The molecule has 4 nitrogen and oxygen atoms in total. The van der Waals surface area contributed by atoms with Crippen LogP contribution in [0.1, 0.15) is 40.9 Å². The molecule has 1 rings (SSSR count). The van der Waals surface area contributed by atoms with E-state index in [9.17, 15) is 23.1 Å². The van der Waals surface area contributed by atoms with Crippen LogP contribution in [0.4, 0.5) is 18.9 Å². The topological polar surface area (TPSA) is 64.2 Å². The second-order valence-electron chi connectivity index (χ2n) is 4.33. The minimum absolute atomic E-state index is 0.0500. The normalized spacial score (nSPS) is 11.9. The maximum atomic E-state index is 13.3. The number of aromatic carboxylic acids is 1. The van der Waals surface area contributed by atoms with Crippen molar-refractivity contribution in [1.29, 1.82) is 0 Å². The van der Waals surface area contributed by atoms with Gasteiger partial charge in [0.2, 0.25) is 0 Å². The van der Waals surface area contributed by atoms with E-state index in [0.717, 1.165) is 0 Å². The summed E-state index contributed by atoms with van der Waals surface area (Å²) in [6, 6.07) is 1.17. The van der Waals surface area contributed by atoms with E-state index in [1.54, 1.807) is 19.9 Å². The molecule has 7 heteroatoms. The monoisotopic (exact) mass is 301 g/mol. The lowest BCUT2D eigenvalue weighted by Gasteiger charge is -2.22. The first kappa shape index (κ1) is 17.0. The highest BCUT2D eigenvalue weighted by atomic mass is 19.4. The summed E-state index contributed by atoms with van der Waals surface area (Å²) < 4.78 is 39.9. The number of carbonyl (C=O) groups is 1. The van der Waals surface area contributed by atoms with E-state index in [2.05, 4.69) is 10.9 Å². The number of hydrogen-bond acceptors (Lipinski definition) is 4. The van der Waals surface area contributed by atoms with Gasteiger partial charge >= 0.3 is 6.18 Å². The molecule has 0 aliphatic heterocycles. The largest absolute Gasteiger partial charge is 0.545 e. The Morgan fingerprint density at radius 3 is 2.48 bits per heavy atom. The number of benzene rings is 1. The minimum Gasteiger partial charge on any atom is -0.545 e. The van der Waals surface area contributed by atoms with Crippen molar-refractivity contribution >= 4 is 17.7 Å². The van der Waals surface area contributed by atoms with Gasteiger partial charge < -0.3 is 15.3 Å². The molecule has 0 fully saturated rings. The van der Waals surface area contributed by atoms with Gasteiger partial charge in [0, 0.05) is 12.1 Å². The molecule has 0 unspecified atom stereocenters. The van der Waals surface area contributed by atoms with Gasteiger partial charge in [0.05, 0.1) is 17.2 Å². The first-order valence-electron chi connectivity index (χ1n) is 6.31. The van der Waals surface area contributed by atoms with Crippen molar-refractivity contribution in [2.24, 2.45) is 0 Å². The average molecular weight is 301 g/mol. The van der Waals surface area contributed by atoms with E-state index in [-0.39, 0.29) is 11.1 Å². The Hall–Kier alpha value is -2.02. The summed E-state index contributed by atoms with van der Waals surface area (Å²) in [6.45, 7) is 4.92. The smallest absolute Gasteiger partial charge is 0.418 e. The summed E-state index contributed by atoms with van der Waals surface area (Å²) in [7, 11) is 0. The number of carbonyl (C=O) groups excluding carboxylic acids is 1. The molecule has 1 aromatic rings. The van der Waals surface area contributed by atoms with Crippen LogP contribution < -0.4 is 16.0 Å². The van der Waals surface area contributed by atoms with Crippen molar-refractivity contribution in [2.45, 2.75) is 26.9 Å². The first-order chi connectivity index (χ1) is 9.73. The third-order valence-corrected chi connectivity index (χ3v) is 2.87. The number of nitrogens with one attached hydrogen (secondary N) is 2. The summed E-state index contributed by atoms with van der Waals surface area (Å²) in [5.41, 5.74) is 2.86. The number of carboxylic acid groups (broad SMARTS) is 1. The summed E-state index contributed by atoms with van der Waals surface area (Å²) >= 11 is 0. The fourth-order valence-corrected chi connectivity index (χ4v) is 1.98. The molecule has 1 aromatic carbocycles. The van der Waals surface area contributed by atoms with Gasteiger partial charge in [-0.3, -0.25) is 0 Å². The van der Waals surface area contributed by atoms with Gasteiger partial charge in [0.15, 0.2) is 0 Å². The number of rotatable bonds is 5. The molecule has 0 saturated carbocycles. The third-order valence-electron chi connectivity index (χ3n) is 2.87. The molecular weight excluding hydrogens is 285 g/mol. The molecule has 0 radical (unpaired) electrons. The lowest BCUT2D eigenvalue weighted by Crippen LogP contribution is -2.30. The lowest BCUT2D eigenvalue weighted by molar-refractivity contribution is -0.254. The number of alkyl halides is 3. The molecule has 0 saturated heterocycles. The Morgan fingerprint density at radius 1 is 1.43 bits per heavy atom. The molecule has 21 heavy (non-hydrogen) atoms. The average Bonchev–Trinajstić information content (AvgIpc) is 2.36. The molecule has 0 heterocycles. The van der Waals surface area contributed by atoms with Gasteiger partial charge in [-0.05, 0) is 31.0 Å². The van der Waals surface area contributed by atoms with Crippen molar-refractivity contribution in [2.75, 3.05) is 12.0 Å². The number of anilines is 1. The zero-order valence-electron chi connectivity index (χ0n) is 11.9. The van der Waals surface area contributed by atoms with Crippen LogP contribution in [0, 0.1) is 6.92 Å². The first-order valence-corrected chi connectivity index (χ1v) is 6.31. The molecule has 0 atom stereocenters. The molecule has 0 aliphatic rings. The molecular formula is C14H16F3N2O2-. The summed E-state index contributed by atoms with van der Waals surface area (Å²) in [5, 5.41) is 11.2. The Balaban J connectivity index is 3.71. The second kappa shape index (κ2) is 6.62. The Kier molecular flexibility index (Phi) is 5.37. The fourth-order valence-electron chi connectivity index (χ4n) is 1.98. The van der Waals surface area contributed by atoms with Crippen LogP contribution in [-0.4, -0.2) is 12.5 Å². The zero-order valence-corrected chi connectivity index (χ0v) is 11.9. The van der Waals surface area contributed by atoms with Crippen molar-refractivity contribution in [1.82, 2.24) is 5.43 Å². The molecule has 0 amide bonds. The van der Waals surface area contributed by atoms with Gasteiger partial charge in [0.25, 0.3) is 0 Å². The number of hydrogen-bond donors (Lipinski definition) is 2. The molecule has 0 aromatic heterocycles. The fraction of sp³-hybridized carbons (Fsp3) is 0.357. The van der Waals surface area contributed by atoms with Crippen LogP contribution in [-0.2, 0) is 6.18 Å². The second-order valence-corrected chi connectivity index (χ2v) is 4.33. The Bertz CT molecular complexity index is 566. The standard InChI is InChI=1S/C14H17F3N2O2/c1-4-6-9-7-10(13(20)21)12(19-18-5-2)11(8(9)3)14(15,16)17/h4,6-7,18-19H,5H2,1-3H3,(H,20,21)/p-1. The third kappa shape index (κ3) is 3.75. The van der Waals surface area contributed by atoms with Gasteiger partial charge in [-0.15, -0.1) is 0 Å². The van der Waals surface area contributed by atoms with Crippen LogP contribution >= 0.6 is 0 Å². The lowest BCUT2D eigenvalue weighted by atomic mass is 9.95. The van der Waals surface area contributed by atoms with Crippen LogP contribution in [0.2, 0.25) is 0 Å². The highest BCUT2D eigenvalue weighted by Gasteiger charge is 2.37. The molecule has 2 N–H and O–H groups in total. The summed E-state index contributed by atoms with van der Waals surface area (Å²) in [6.07, 6.45) is -1.73. The molecule has 0 spiro atoms. The highest BCUT2D eigenvalue weighted by molar-refractivity contribution is 5.95. The van der Waals surface area contributed by atoms with Gasteiger partial charge in [-0.25, -0.2) is 5.43 Å². The van der Waals surface area contributed by atoms with Crippen LogP contribution in [0.15, 0.2) is 12.1 Å². The van der Waals surface area contributed by atoms with Crippen molar-refractivity contribution < 1.29 is 23.1 Å². The summed E-state index contributed by atoms with van der Waals surface area (Å²) in [5.74, 6) is -1.67. The van der Waals surface area contributed by atoms with E-state index in [1.807, 2.05) is 0 Å². The number of allylic oxidation sites excluding steroid dienone is 1. The minimum atomic E-state index is -4.69. The molecule has 0 aliphatic carbocycles. The van der Waals surface area contributed by atoms with Gasteiger partial charge in [-0.1, -0.05) is 19.1 Å². The maximum Gasteiger partial charge on any atom is 0.418 e. The number of halogens is 3. The predicted molar refractivity (Wildman–Crippen MR) is 72.5 cm³/mol. The van der Waals surface area contributed by atoms with E-state index >= 15 is 0 Å². The molecule has 116 valence electrons. The number of carboxylic acids is 1. The SMILES string of the molecule is CC=Cc1cc(C(=O)[O-])c(NNCC)c(C(F)(F)F)c1C. The van der Waals surface area contributed by atoms with E-state index in [0.29, 0.717) is 6.54 Å². The number of hydrazine groups is 1. The van der Waals surface area contributed by atoms with Crippen molar-refractivity contribution in [3.8, 4) is 0 Å². The van der Waals surface area contributed by atoms with E-state index < -0.39 is 29.0 Å². The van der Waals surface area contributed by atoms with Crippen LogP contribution in [0.5, 0.6) is 0 Å². The molecule has 0 bridgehead atoms. The van der Waals surface area contributed by atoms with Crippen LogP contribution in [0.25, 0.3) is 6.08 Å². The maximum absolute atomic E-state index is 13.3. The predicted octanol–water partition coefficient (Wildman–Crippen LogP) is 2.35. The van der Waals surface area contributed by atoms with Crippen molar-refractivity contribution in [3.63, 3.8) is 0 Å².